The maximum atomic E-state index is 13.1. The van der Waals surface area contributed by atoms with Crippen molar-refractivity contribution < 1.29 is 9.53 Å². The molecule has 3 aromatic rings. The van der Waals surface area contributed by atoms with E-state index in [0.29, 0.717) is 32.0 Å². The average Bonchev–Trinajstić information content (AvgIpc) is 3.28. The number of hydrogen-bond donors (Lipinski definition) is 2. The quantitative estimate of drug-likeness (QED) is 0.505. The van der Waals surface area contributed by atoms with Gasteiger partial charge >= 0.3 is 0 Å². The molecule has 0 spiro atoms. The van der Waals surface area contributed by atoms with Crippen molar-refractivity contribution >= 4 is 16.8 Å². The van der Waals surface area contributed by atoms with Crippen LogP contribution in [0.25, 0.3) is 10.9 Å². The number of methoxy groups -OCH3 is 1. The molecule has 0 fully saturated rings. The van der Waals surface area contributed by atoms with Gasteiger partial charge in [0.15, 0.2) is 0 Å². The molecule has 2 atom stereocenters. The lowest BCUT2D eigenvalue weighted by molar-refractivity contribution is -0.123. The van der Waals surface area contributed by atoms with Crippen molar-refractivity contribution in [2.24, 2.45) is 13.0 Å². The van der Waals surface area contributed by atoms with E-state index in [2.05, 4.69) is 63.0 Å². The predicted octanol–water partition coefficient (Wildman–Crippen LogP) is 3.18. The Morgan fingerprint density at radius 3 is 2.94 bits per heavy atom. The lowest BCUT2D eigenvalue weighted by Gasteiger charge is -2.25. The van der Waals surface area contributed by atoms with Gasteiger partial charge in [-0.05, 0) is 42.4 Å². The molecule has 0 radical (unpaired) electrons. The molecule has 7 heteroatoms. The van der Waals surface area contributed by atoms with Gasteiger partial charge in [-0.2, -0.15) is 0 Å². The van der Waals surface area contributed by atoms with Crippen molar-refractivity contribution in [1.29, 1.82) is 0 Å². The summed E-state index contributed by atoms with van der Waals surface area (Å²) >= 11 is 0. The summed E-state index contributed by atoms with van der Waals surface area (Å²) in [7, 11) is 3.71. The van der Waals surface area contributed by atoms with Gasteiger partial charge in [0.05, 0.1) is 12.6 Å². The van der Waals surface area contributed by atoms with E-state index < -0.39 is 0 Å². The van der Waals surface area contributed by atoms with E-state index in [4.69, 9.17) is 4.74 Å². The molecule has 1 amide bonds. The van der Waals surface area contributed by atoms with Crippen molar-refractivity contribution in [3.8, 4) is 0 Å². The van der Waals surface area contributed by atoms with Crippen LogP contribution in [0.1, 0.15) is 49.7 Å². The van der Waals surface area contributed by atoms with Gasteiger partial charge in [-0.1, -0.05) is 26.0 Å². The largest absolute Gasteiger partial charge is 0.385 e. The summed E-state index contributed by atoms with van der Waals surface area (Å²) in [6.07, 6.45) is 8.50. The number of carbonyl (C=O) groups excluding carboxylic acids is 1. The molecule has 0 saturated carbocycles. The Labute approximate surface area is 190 Å². The van der Waals surface area contributed by atoms with Crippen LogP contribution in [0.5, 0.6) is 0 Å². The highest BCUT2D eigenvalue weighted by atomic mass is 16.5. The van der Waals surface area contributed by atoms with Crippen LogP contribution >= 0.6 is 0 Å². The minimum absolute atomic E-state index is 0.0627. The molecule has 2 N–H and O–H groups in total. The first kappa shape index (κ1) is 22.6. The second-order valence-corrected chi connectivity index (χ2v) is 9.22. The van der Waals surface area contributed by atoms with Gasteiger partial charge in [0.1, 0.15) is 5.82 Å². The van der Waals surface area contributed by atoms with E-state index in [1.165, 1.54) is 22.0 Å². The smallest absolute Gasteiger partial charge is 0.237 e. The third-order valence-corrected chi connectivity index (χ3v) is 6.30. The second-order valence-electron chi connectivity index (χ2n) is 9.22. The van der Waals surface area contributed by atoms with Gasteiger partial charge in [0.25, 0.3) is 0 Å². The SMILES string of the molecule is COCCCNC(=O)[C@@H]1Cc2cn(Cc3nccn3C)c3cccc(c23)[C@H](CC(C)C)N1. The molecule has 172 valence electrons. The Balaban J connectivity index is 1.68. The number of amides is 1. The summed E-state index contributed by atoms with van der Waals surface area (Å²) in [4.78, 5) is 17.6. The number of nitrogens with one attached hydrogen (secondary N) is 2. The molecule has 1 aliphatic heterocycles. The Hall–Kier alpha value is -2.64. The van der Waals surface area contributed by atoms with Crippen molar-refractivity contribution in [3.05, 3.63) is 53.7 Å². The zero-order chi connectivity index (χ0) is 22.7. The number of rotatable bonds is 9. The Morgan fingerprint density at radius 1 is 1.38 bits per heavy atom. The Morgan fingerprint density at radius 2 is 2.22 bits per heavy atom. The molecule has 7 nitrogen and oxygen atoms in total. The maximum absolute atomic E-state index is 13.1. The third kappa shape index (κ3) is 4.74. The van der Waals surface area contributed by atoms with Crippen LogP contribution in [0.15, 0.2) is 36.8 Å². The number of benzene rings is 1. The molecule has 0 bridgehead atoms. The fraction of sp³-hybridized carbons (Fsp3) is 0.520. The van der Waals surface area contributed by atoms with Gasteiger partial charge in [-0.15, -0.1) is 0 Å². The van der Waals surface area contributed by atoms with E-state index >= 15 is 0 Å². The zero-order valence-corrected chi connectivity index (χ0v) is 19.6. The second kappa shape index (κ2) is 9.88. The number of hydrogen-bond acceptors (Lipinski definition) is 4. The van der Waals surface area contributed by atoms with E-state index in [0.717, 1.165) is 18.7 Å². The monoisotopic (exact) mass is 437 g/mol. The van der Waals surface area contributed by atoms with Gasteiger partial charge in [0, 0.05) is 62.8 Å². The highest BCUT2D eigenvalue weighted by molar-refractivity contribution is 5.90. The number of ether oxygens (including phenoxy) is 1. The molecule has 0 saturated heterocycles. The van der Waals surface area contributed by atoms with Crippen LogP contribution in [-0.2, 0) is 29.5 Å². The first-order valence-corrected chi connectivity index (χ1v) is 11.6. The van der Waals surface area contributed by atoms with Crippen LogP contribution in [0, 0.1) is 5.92 Å². The molecule has 0 unspecified atom stereocenters. The fourth-order valence-electron chi connectivity index (χ4n) is 4.74. The number of carbonyl (C=O) groups is 1. The van der Waals surface area contributed by atoms with Gasteiger partial charge in [-0.25, -0.2) is 4.98 Å². The summed E-state index contributed by atoms with van der Waals surface area (Å²) in [5.74, 6) is 1.59. The summed E-state index contributed by atoms with van der Waals surface area (Å²) in [6, 6.07) is 6.41. The van der Waals surface area contributed by atoms with Gasteiger partial charge in [-0.3, -0.25) is 10.1 Å². The molecular formula is C25H35N5O2. The van der Waals surface area contributed by atoms with Crippen molar-refractivity contribution in [1.82, 2.24) is 24.8 Å². The maximum Gasteiger partial charge on any atom is 0.237 e. The molecule has 32 heavy (non-hydrogen) atoms. The van der Waals surface area contributed by atoms with Crippen LogP contribution in [0.3, 0.4) is 0 Å². The van der Waals surface area contributed by atoms with Crippen molar-refractivity contribution in [3.63, 3.8) is 0 Å². The van der Waals surface area contributed by atoms with Crippen molar-refractivity contribution in [2.45, 2.75) is 51.7 Å². The first-order chi connectivity index (χ1) is 15.5. The topological polar surface area (TPSA) is 73.1 Å². The van der Waals surface area contributed by atoms with Crippen LogP contribution in [0.2, 0.25) is 0 Å². The van der Waals surface area contributed by atoms with E-state index in [1.807, 2.05) is 19.4 Å². The van der Waals surface area contributed by atoms with Crippen LogP contribution in [-0.4, -0.2) is 46.3 Å². The molecule has 2 aromatic heterocycles. The van der Waals surface area contributed by atoms with E-state index in [1.54, 1.807) is 7.11 Å². The number of aryl methyl sites for hydroxylation is 1. The number of aromatic nitrogens is 3. The van der Waals surface area contributed by atoms with E-state index in [9.17, 15) is 4.79 Å². The number of nitrogens with zero attached hydrogens (tertiary/aromatic N) is 3. The highest BCUT2D eigenvalue weighted by Gasteiger charge is 2.30. The summed E-state index contributed by atoms with van der Waals surface area (Å²) < 4.78 is 9.44. The minimum Gasteiger partial charge on any atom is -0.385 e. The Bertz CT molecular complexity index is 1070. The van der Waals surface area contributed by atoms with Crippen LogP contribution < -0.4 is 10.6 Å². The summed E-state index contributed by atoms with van der Waals surface area (Å²) in [6.45, 7) is 6.46. The molecule has 4 rings (SSSR count). The van der Waals surface area contributed by atoms with Crippen LogP contribution in [0.4, 0.5) is 0 Å². The average molecular weight is 438 g/mol. The van der Waals surface area contributed by atoms with Gasteiger partial charge in [0.2, 0.25) is 5.91 Å². The molecular weight excluding hydrogens is 402 g/mol. The van der Waals surface area contributed by atoms with Crippen molar-refractivity contribution in [2.75, 3.05) is 20.3 Å². The molecule has 1 aromatic carbocycles. The first-order valence-electron chi connectivity index (χ1n) is 11.6. The lowest BCUT2D eigenvalue weighted by Crippen LogP contribution is -2.46. The molecule has 3 heterocycles. The minimum atomic E-state index is -0.263. The predicted molar refractivity (Wildman–Crippen MR) is 127 cm³/mol. The summed E-state index contributed by atoms with van der Waals surface area (Å²) in [5.41, 5.74) is 3.72. The molecule has 0 aliphatic carbocycles. The summed E-state index contributed by atoms with van der Waals surface area (Å²) in [5, 5.41) is 8.07. The zero-order valence-electron chi connectivity index (χ0n) is 19.6. The Kier molecular flexibility index (Phi) is 6.96. The highest BCUT2D eigenvalue weighted by Crippen LogP contribution is 2.36. The standard InChI is InChI=1S/C25H35N5O2/c1-17(2)13-20-19-7-5-8-22-24(19)18(15-30(22)16-23-26-10-11-29(23)3)14-21(28-20)25(31)27-9-6-12-32-4/h5,7-8,10-11,15,17,20-21,28H,6,9,12-14,16H2,1-4H3,(H,27,31)/t20-,21-/m0/s1. The normalized spacial score (nSPS) is 18.3. The lowest BCUT2D eigenvalue weighted by atomic mass is 9.94. The third-order valence-electron chi connectivity index (χ3n) is 6.30. The van der Waals surface area contributed by atoms with Gasteiger partial charge < -0.3 is 19.2 Å². The van der Waals surface area contributed by atoms with E-state index in [-0.39, 0.29) is 18.0 Å². The fourth-order valence-corrected chi connectivity index (χ4v) is 4.74. The molecule has 1 aliphatic rings. The number of imidazole rings is 1.